The zero-order chi connectivity index (χ0) is 21.8. The summed E-state index contributed by atoms with van der Waals surface area (Å²) in [5.41, 5.74) is 0.832. The van der Waals surface area contributed by atoms with E-state index in [2.05, 4.69) is 20.4 Å². The summed E-state index contributed by atoms with van der Waals surface area (Å²) in [6.07, 6.45) is 0. The number of hydrogen-bond donors (Lipinski definition) is 2. The van der Waals surface area contributed by atoms with Crippen molar-refractivity contribution < 1.29 is 23.7 Å². The quantitative estimate of drug-likeness (QED) is 0.261. The van der Waals surface area contributed by atoms with E-state index in [1.807, 2.05) is 0 Å². The summed E-state index contributed by atoms with van der Waals surface area (Å²) >= 11 is 6.13. The van der Waals surface area contributed by atoms with Crippen LogP contribution in [0.3, 0.4) is 0 Å². The first kappa shape index (κ1) is 21.1. The van der Waals surface area contributed by atoms with Crippen molar-refractivity contribution in [2.24, 2.45) is 0 Å². The van der Waals surface area contributed by atoms with Crippen LogP contribution in [0.15, 0.2) is 40.8 Å². The molecule has 2 N–H and O–H groups in total. The number of hydrogen-bond acceptors (Lipinski definition) is 9. The molecule has 30 heavy (non-hydrogen) atoms. The number of nitro groups is 1. The second-order valence-corrected chi connectivity index (χ2v) is 7.21. The predicted octanol–water partition coefficient (Wildman–Crippen LogP) is 3.53. The number of amides is 1. The molecule has 0 unspecified atom stereocenters. The van der Waals surface area contributed by atoms with Crippen LogP contribution < -0.4 is 10.6 Å². The van der Waals surface area contributed by atoms with Gasteiger partial charge in [-0.2, -0.15) is 0 Å². The number of carbonyl (C=O) groups is 2. The van der Waals surface area contributed by atoms with Gasteiger partial charge in [0.25, 0.3) is 11.6 Å². The number of thiocarbonyl (C=S) groups is 1. The van der Waals surface area contributed by atoms with Crippen molar-refractivity contribution in [3.63, 3.8) is 0 Å². The van der Waals surface area contributed by atoms with Crippen LogP contribution in [0.1, 0.15) is 25.9 Å². The Kier molecular flexibility index (Phi) is 6.18. The minimum atomic E-state index is -0.620. The van der Waals surface area contributed by atoms with Gasteiger partial charge in [0.1, 0.15) is 10.6 Å². The number of aryl methyl sites for hydroxylation is 1. The van der Waals surface area contributed by atoms with E-state index in [-0.39, 0.29) is 16.6 Å². The zero-order valence-electron chi connectivity index (χ0n) is 15.6. The maximum atomic E-state index is 12.4. The average Bonchev–Trinajstić information content (AvgIpc) is 3.34. The number of nitrogens with one attached hydrogen (secondary N) is 2. The number of thiazole rings is 1. The fourth-order valence-electron chi connectivity index (χ4n) is 2.41. The fourth-order valence-corrected chi connectivity index (χ4v) is 3.56. The Hall–Kier alpha value is -3.64. The Morgan fingerprint density at radius 1 is 1.30 bits per heavy atom. The molecule has 0 saturated heterocycles. The summed E-state index contributed by atoms with van der Waals surface area (Å²) in [6.45, 7) is 1.65. The van der Waals surface area contributed by atoms with Gasteiger partial charge < -0.3 is 14.5 Å². The van der Waals surface area contributed by atoms with Crippen molar-refractivity contribution in [1.82, 2.24) is 10.3 Å². The van der Waals surface area contributed by atoms with E-state index in [1.54, 1.807) is 13.0 Å². The normalized spacial score (nSPS) is 10.3. The van der Waals surface area contributed by atoms with Gasteiger partial charge in [-0.15, -0.1) is 0 Å². The van der Waals surface area contributed by atoms with Gasteiger partial charge >= 0.3 is 5.97 Å². The molecular weight excluding hydrogens is 432 g/mol. The van der Waals surface area contributed by atoms with E-state index < -0.39 is 16.8 Å². The van der Waals surface area contributed by atoms with Crippen molar-refractivity contribution in [1.29, 1.82) is 0 Å². The molecule has 3 aromatic rings. The largest absolute Gasteiger partial charge is 0.465 e. The Morgan fingerprint density at radius 3 is 2.77 bits per heavy atom. The number of carbonyl (C=O) groups excluding carboxylic acids is 2. The SMILES string of the molecule is COC(=O)c1sc(NC(=S)NC(=O)c2ccc(-c3cccc([N+](=O)[O-])c3)o2)nc1C. The van der Waals surface area contributed by atoms with Crippen LogP contribution in [0.5, 0.6) is 0 Å². The number of nitrogens with zero attached hydrogens (tertiary/aromatic N) is 2. The molecule has 1 amide bonds. The lowest BCUT2D eigenvalue weighted by Gasteiger charge is -2.05. The zero-order valence-corrected chi connectivity index (χ0v) is 17.3. The molecule has 154 valence electrons. The third-order valence-electron chi connectivity index (χ3n) is 3.79. The monoisotopic (exact) mass is 446 g/mol. The van der Waals surface area contributed by atoms with Crippen LogP contribution in [0.2, 0.25) is 0 Å². The minimum absolute atomic E-state index is 0.0359. The van der Waals surface area contributed by atoms with Crippen LogP contribution in [0.4, 0.5) is 10.8 Å². The number of anilines is 1. The Morgan fingerprint density at radius 2 is 2.07 bits per heavy atom. The molecule has 10 nitrogen and oxygen atoms in total. The third-order valence-corrected chi connectivity index (χ3v) is 5.04. The second-order valence-electron chi connectivity index (χ2n) is 5.80. The number of benzene rings is 1. The first-order valence-corrected chi connectivity index (χ1v) is 9.53. The highest BCUT2D eigenvalue weighted by Crippen LogP contribution is 2.26. The maximum Gasteiger partial charge on any atom is 0.350 e. The molecule has 0 atom stereocenters. The molecule has 0 radical (unpaired) electrons. The topological polar surface area (TPSA) is 137 Å². The molecule has 0 aliphatic rings. The number of esters is 1. The standard InChI is InChI=1S/C18H14N4O6S2/c1-9-14(16(24)27-2)30-18(19-9)21-17(29)20-15(23)13-7-6-12(28-13)10-4-3-5-11(8-10)22(25)26/h3-8H,1-2H3,(H2,19,20,21,23,29). The molecule has 12 heteroatoms. The summed E-state index contributed by atoms with van der Waals surface area (Å²) in [4.78, 5) is 38.9. The van der Waals surface area contributed by atoms with E-state index in [1.165, 1.54) is 37.4 Å². The molecule has 0 bridgehead atoms. The van der Waals surface area contributed by atoms with Gasteiger partial charge in [-0.25, -0.2) is 9.78 Å². The van der Waals surface area contributed by atoms with Crippen molar-refractivity contribution in [3.05, 3.63) is 62.8 Å². The van der Waals surface area contributed by atoms with Crippen LogP contribution in [0.25, 0.3) is 11.3 Å². The molecular formula is C18H14N4O6S2. The number of nitro benzene ring substituents is 1. The summed E-state index contributed by atoms with van der Waals surface area (Å²) in [5, 5.41) is 16.3. The number of rotatable bonds is 5. The van der Waals surface area contributed by atoms with Crippen molar-refractivity contribution in [2.45, 2.75) is 6.92 Å². The minimum Gasteiger partial charge on any atom is -0.465 e. The highest BCUT2D eigenvalue weighted by molar-refractivity contribution is 7.80. The molecule has 0 aliphatic heterocycles. The number of non-ortho nitro benzene ring substituents is 1. The highest BCUT2D eigenvalue weighted by atomic mass is 32.1. The van der Waals surface area contributed by atoms with Crippen LogP contribution in [-0.4, -0.2) is 34.0 Å². The highest BCUT2D eigenvalue weighted by Gasteiger charge is 2.18. The van der Waals surface area contributed by atoms with Gasteiger partial charge in [-0.3, -0.25) is 20.2 Å². The lowest BCUT2D eigenvalue weighted by molar-refractivity contribution is -0.384. The van der Waals surface area contributed by atoms with Crippen LogP contribution in [-0.2, 0) is 4.74 Å². The maximum absolute atomic E-state index is 12.4. The van der Waals surface area contributed by atoms with Crippen LogP contribution >= 0.6 is 23.6 Å². The molecule has 0 spiro atoms. The Bertz CT molecular complexity index is 1150. The lowest BCUT2D eigenvalue weighted by atomic mass is 10.1. The molecule has 1 aromatic carbocycles. The van der Waals surface area contributed by atoms with Crippen LogP contribution in [0, 0.1) is 17.0 Å². The van der Waals surface area contributed by atoms with Gasteiger partial charge in [0, 0.05) is 17.7 Å². The Balaban J connectivity index is 1.67. The van der Waals surface area contributed by atoms with E-state index in [0.29, 0.717) is 27.0 Å². The first-order valence-electron chi connectivity index (χ1n) is 8.31. The average molecular weight is 446 g/mol. The van der Waals surface area contributed by atoms with Gasteiger partial charge in [0.15, 0.2) is 16.0 Å². The second kappa shape index (κ2) is 8.80. The summed E-state index contributed by atoms with van der Waals surface area (Å²) < 4.78 is 10.2. The molecule has 2 heterocycles. The number of ether oxygens (including phenoxy) is 1. The number of aromatic nitrogens is 1. The molecule has 0 fully saturated rings. The predicted molar refractivity (Wildman–Crippen MR) is 113 cm³/mol. The summed E-state index contributed by atoms with van der Waals surface area (Å²) in [5.74, 6) is -0.880. The van der Waals surface area contributed by atoms with Crippen molar-refractivity contribution in [3.8, 4) is 11.3 Å². The Labute approximate surface area is 179 Å². The number of methoxy groups -OCH3 is 1. The number of furan rings is 1. The van der Waals surface area contributed by atoms with E-state index in [9.17, 15) is 19.7 Å². The summed E-state index contributed by atoms with van der Waals surface area (Å²) in [7, 11) is 1.27. The first-order chi connectivity index (χ1) is 14.3. The van der Waals surface area contributed by atoms with Gasteiger partial charge in [0.2, 0.25) is 0 Å². The van der Waals surface area contributed by atoms with Gasteiger partial charge in [0.05, 0.1) is 17.7 Å². The smallest absolute Gasteiger partial charge is 0.350 e. The molecule has 0 saturated carbocycles. The summed E-state index contributed by atoms with van der Waals surface area (Å²) in [6, 6.07) is 8.80. The van der Waals surface area contributed by atoms with E-state index >= 15 is 0 Å². The fraction of sp³-hybridized carbons (Fsp3) is 0.111. The molecule has 0 aliphatic carbocycles. The molecule has 2 aromatic heterocycles. The van der Waals surface area contributed by atoms with Gasteiger partial charge in [-0.05, 0) is 31.3 Å². The lowest BCUT2D eigenvalue weighted by Crippen LogP contribution is -2.33. The van der Waals surface area contributed by atoms with Crippen molar-refractivity contribution in [2.75, 3.05) is 12.4 Å². The van der Waals surface area contributed by atoms with E-state index in [4.69, 9.17) is 16.6 Å². The van der Waals surface area contributed by atoms with E-state index in [0.717, 1.165) is 11.3 Å². The van der Waals surface area contributed by atoms with Crippen molar-refractivity contribution >= 4 is 51.4 Å². The van der Waals surface area contributed by atoms with Gasteiger partial charge in [-0.1, -0.05) is 23.5 Å². The molecule has 3 rings (SSSR count). The third kappa shape index (κ3) is 4.67.